The maximum Gasteiger partial charge on any atom is 0.0847 e. The van der Waals surface area contributed by atoms with Gasteiger partial charge in [-0.2, -0.15) is 5.10 Å². The van der Waals surface area contributed by atoms with Gasteiger partial charge in [-0.25, -0.2) is 0 Å². The fourth-order valence-electron chi connectivity index (χ4n) is 2.27. The minimum Gasteiger partial charge on any atom is -0.271 e. The Morgan fingerprint density at radius 1 is 1.45 bits per heavy atom. The molecule has 0 aromatic carbocycles. The van der Waals surface area contributed by atoms with Gasteiger partial charge in [-0.3, -0.25) is 16.0 Å². The molecular formula is C14H21ClN4S. The van der Waals surface area contributed by atoms with Gasteiger partial charge in [-0.1, -0.05) is 18.5 Å². The first-order chi connectivity index (χ1) is 9.60. The van der Waals surface area contributed by atoms with E-state index >= 15 is 0 Å². The summed E-state index contributed by atoms with van der Waals surface area (Å²) in [5.41, 5.74) is 4.82. The second-order valence-corrected chi connectivity index (χ2v) is 6.32. The van der Waals surface area contributed by atoms with Crippen LogP contribution in [0.2, 0.25) is 5.02 Å². The Labute approximate surface area is 128 Å². The van der Waals surface area contributed by atoms with Crippen molar-refractivity contribution < 1.29 is 0 Å². The second kappa shape index (κ2) is 6.72. The molecule has 110 valence electrons. The van der Waals surface area contributed by atoms with E-state index in [-0.39, 0.29) is 6.04 Å². The molecule has 0 amide bonds. The van der Waals surface area contributed by atoms with E-state index in [0.29, 0.717) is 0 Å². The summed E-state index contributed by atoms with van der Waals surface area (Å²) >= 11 is 8.16. The van der Waals surface area contributed by atoms with Crippen molar-refractivity contribution in [1.82, 2.24) is 15.2 Å². The summed E-state index contributed by atoms with van der Waals surface area (Å²) in [4.78, 5) is 2.61. The van der Waals surface area contributed by atoms with Crippen molar-refractivity contribution in [2.45, 2.75) is 46.2 Å². The molecule has 0 radical (unpaired) electrons. The van der Waals surface area contributed by atoms with Crippen LogP contribution < -0.4 is 11.3 Å². The molecule has 0 aliphatic rings. The number of hydrogen-bond donors (Lipinski definition) is 2. The lowest BCUT2D eigenvalue weighted by Gasteiger charge is -2.15. The molecule has 0 spiro atoms. The predicted molar refractivity (Wildman–Crippen MR) is 85.1 cm³/mol. The van der Waals surface area contributed by atoms with Crippen molar-refractivity contribution in [2.24, 2.45) is 5.84 Å². The van der Waals surface area contributed by atoms with E-state index in [0.717, 1.165) is 35.8 Å². The molecule has 2 aromatic heterocycles. The van der Waals surface area contributed by atoms with Crippen LogP contribution in [-0.4, -0.2) is 9.78 Å². The lowest BCUT2D eigenvalue weighted by Crippen LogP contribution is -2.29. The van der Waals surface area contributed by atoms with Crippen molar-refractivity contribution >= 4 is 22.9 Å². The van der Waals surface area contributed by atoms with Crippen molar-refractivity contribution in [3.8, 4) is 0 Å². The monoisotopic (exact) mass is 312 g/mol. The maximum absolute atomic E-state index is 6.37. The normalized spacial score (nSPS) is 12.8. The largest absolute Gasteiger partial charge is 0.271 e. The molecule has 0 saturated heterocycles. The summed E-state index contributed by atoms with van der Waals surface area (Å²) < 4.78 is 1.95. The minimum atomic E-state index is 0.0687. The van der Waals surface area contributed by atoms with Crippen LogP contribution in [0.5, 0.6) is 0 Å². The smallest absolute Gasteiger partial charge is 0.0847 e. The first-order valence-electron chi connectivity index (χ1n) is 6.87. The third kappa shape index (κ3) is 3.06. The summed E-state index contributed by atoms with van der Waals surface area (Å²) in [7, 11) is 0. The molecule has 6 heteroatoms. The molecule has 2 heterocycles. The van der Waals surface area contributed by atoms with Crippen molar-refractivity contribution in [1.29, 1.82) is 0 Å². The highest BCUT2D eigenvalue weighted by atomic mass is 35.5. The summed E-state index contributed by atoms with van der Waals surface area (Å²) in [6, 6.07) is 4.37. The van der Waals surface area contributed by atoms with Gasteiger partial charge in [0.05, 0.1) is 22.5 Å². The molecule has 2 aromatic rings. The molecule has 1 unspecified atom stereocenters. The first kappa shape index (κ1) is 15.5. The lowest BCUT2D eigenvalue weighted by molar-refractivity contribution is 0.523. The van der Waals surface area contributed by atoms with E-state index in [1.807, 2.05) is 11.6 Å². The maximum atomic E-state index is 6.37. The van der Waals surface area contributed by atoms with Gasteiger partial charge in [0.25, 0.3) is 0 Å². The fraction of sp³-hybridized carbons (Fsp3) is 0.500. The van der Waals surface area contributed by atoms with Crippen LogP contribution in [0, 0.1) is 6.92 Å². The zero-order valence-electron chi connectivity index (χ0n) is 12.1. The van der Waals surface area contributed by atoms with Gasteiger partial charge in [-0.05, 0) is 32.4 Å². The number of aromatic nitrogens is 2. The Morgan fingerprint density at radius 3 is 2.75 bits per heavy atom. The summed E-state index contributed by atoms with van der Waals surface area (Å²) in [5, 5.41) is 5.20. The van der Waals surface area contributed by atoms with Crippen LogP contribution in [0.3, 0.4) is 0 Å². The number of halogens is 1. The number of rotatable bonds is 6. The highest BCUT2D eigenvalue weighted by molar-refractivity contribution is 7.12. The molecule has 0 aliphatic carbocycles. The molecule has 3 N–H and O–H groups in total. The molecule has 20 heavy (non-hydrogen) atoms. The fourth-order valence-corrected chi connectivity index (χ4v) is 3.50. The average Bonchev–Trinajstić information content (AvgIpc) is 3.03. The molecule has 0 bridgehead atoms. The van der Waals surface area contributed by atoms with Crippen molar-refractivity contribution in [3.63, 3.8) is 0 Å². The van der Waals surface area contributed by atoms with Crippen molar-refractivity contribution in [3.05, 3.63) is 38.3 Å². The van der Waals surface area contributed by atoms with Crippen LogP contribution in [-0.2, 0) is 19.4 Å². The first-order valence-corrected chi connectivity index (χ1v) is 8.06. The number of nitrogens with zero attached hydrogens (tertiary/aromatic N) is 2. The van der Waals surface area contributed by atoms with Crippen LogP contribution in [0.4, 0.5) is 0 Å². The van der Waals surface area contributed by atoms with E-state index < -0.39 is 0 Å². The Kier molecular flexibility index (Phi) is 5.21. The molecule has 0 fully saturated rings. The second-order valence-electron chi connectivity index (χ2n) is 4.74. The van der Waals surface area contributed by atoms with E-state index in [1.165, 1.54) is 9.75 Å². The number of nitrogens with two attached hydrogens (primary N) is 1. The molecule has 2 rings (SSSR count). The van der Waals surface area contributed by atoms with Gasteiger partial charge in [0.15, 0.2) is 0 Å². The SMILES string of the molecule is CCc1ccc(C(Cc2c(Cl)c(C)nn2CC)NN)s1. The molecule has 4 nitrogen and oxygen atoms in total. The van der Waals surface area contributed by atoms with Crippen LogP contribution in [0.1, 0.15) is 41.0 Å². The van der Waals surface area contributed by atoms with Gasteiger partial charge in [0, 0.05) is 22.7 Å². The third-order valence-electron chi connectivity index (χ3n) is 3.43. The Bertz CT molecular complexity index is 576. The summed E-state index contributed by atoms with van der Waals surface area (Å²) in [6.45, 7) is 6.97. The van der Waals surface area contributed by atoms with Crippen LogP contribution in [0.15, 0.2) is 12.1 Å². The molecule has 0 aliphatic heterocycles. The van der Waals surface area contributed by atoms with Gasteiger partial charge >= 0.3 is 0 Å². The van der Waals surface area contributed by atoms with Crippen LogP contribution >= 0.6 is 22.9 Å². The van der Waals surface area contributed by atoms with Crippen molar-refractivity contribution in [2.75, 3.05) is 0 Å². The number of hydrazine groups is 1. The highest BCUT2D eigenvalue weighted by Crippen LogP contribution is 2.29. The Hall–Kier alpha value is -0.880. The third-order valence-corrected chi connectivity index (χ3v) is 5.26. The minimum absolute atomic E-state index is 0.0687. The van der Waals surface area contributed by atoms with E-state index in [1.54, 1.807) is 11.3 Å². The number of hydrogen-bond acceptors (Lipinski definition) is 4. The lowest BCUT2D eigenvalue weighted by atomic mass is 10.1. The molecular weight excluding hydrogens is 292 g/mol. The average molecular weight is 313 g/mol. The highest BCUT2D eigenvalue weighted by Gasteiger charge is 2.19. The van der Waals surface area contributed by atoms with E-state index in [9.17, 15) is 0 Å². The van der Waals surface area contributed by atoms with Gasteiger partial charge in [-0.15, -0.1) is 11.3 Å². The van der Waals surface area contributed by atoms with E-state index in [2.05, 4.69) is 36.5 Å². The number of thiophene rings is 1. The quantitative estimate of drug-likeness (QED) is 0.636. The zero-order valence-corrected chi connectivity index (χ0v) is 13.7. The number of nitrogens with one attached hydrogen (secondary N) is 1. The standard InChI is InChI=1S/C14H21ClN4S/c1-4-10-6-7-13(20-10)11(17-16)8-12-14(15)9(3)18-19(12)5-2/h6-7,11,17H,4-5,8,16H2,1-3H3. The molecule has 1 atom stereocenters. The van der Waals surface area contributed by atoms with Gasteiger partial charge in [0.1, 0.15) is 0 Å². The Balaban J connectivity index is 2.26. The van der Waals surface area contributed by atoms with Crippen LogP contribution in [0.25, 0.3) is 0 Å². The zero-order chi connectivity index (χ0) is 14.7. The predicted octanol–water partition coefficient (Wildman–Crippen LogP) is 3.24. The van der Waals surface area contributed by atoms with Gasteiger partial charge < -0.3 is 0 Å². The summed E-state index contributed by atoms with van der Waals surface area (Å²) in [6.07, 6.45) is 1.79. The van der Waals surface area contributed by atoms with E-state index in [4.69, 9.17) is 17.4 Å². The molecule has 0 saturated carbocycles. The topological polar surface area (TPSA) is 55.9 Å². The summed E-state index contributed by atoms with van der Waals surface area (Å²) in [5.74, 6) is 5.74. The van der Waals surface area contributed by atoms with Gasteiger partial charge in [0.2, 0.25) is 0 Å². The Morgan fingerprint density at radius 2 is 2.20 bits per heavy atom. The number of aryl methyl sites for hydroxylation is 3.